The van der Waals surface area contributed by atoms with Crippen LogP contribution in [0.5, 0.6) is 0 Å². The molecule has 2 amide bonds. The van der Waals surface area contributed by atoms with Gasteiger partial charge >= 0.3 is 12.3 Å². The SMILES string of the molecule is CCOC(=O)N1CCC(NC(N)=NCCNC(=O)c2ccc(C(F)(F)F)cc2)CC1. The van der Waals surface area contributed by atoms with E-state index < -0.39 is 17.6 Å². The van der Waals surface area contributed by atoms with Gasteiger partial charge in [0.05, 0.1) is 18.7 Å². The van der Waals surface area contributed by atoms with Crippen molar-refractivity contribution in [3.05, 3.63) is 35.4 Å². The number of amides is 2. The van der Waals surface area contributed by atoms with Gasteiger partial charge in [0.1, 0.15) is 0 Å². The quantitative estimate of drug-likeness (QED) is 0.364. The summed E-state index contributed by atoms with van der Waals surface area (Å²) in [7, 11) is 0. The molecule has 0 saturated carbocycles. The fourth-order valence-electron chi connectivity index (χ4n) is 2.93. The number of benzene rings is 1. The Bertz CT molecular complexity index is 745. The zero-order valence-electron chi connectivity index (χ0n) is 16.7. The summed E-state index contributed by atoms with van der Waals surface area (Å²) < 4.78 is 42.6. The molecule has 166 valence electrons. The van der Waals surface area contributed by atoms with Crippen LogP contribution in [0.1, 0.15) is 35.7 Å². The van der Waals surface area contributed by atoms with Crippen LogP contribution in [0.25, 0.3) is 0 Å². The van der Waals surface area contributed by atoms with Crippen LogP contribution in [0.2, 0.25) is 0 Å². The number of nitrogens with zero attached hydrogens (tertiary/aromatic N) is 2. The molecule has 1 saturated heterocycles. The molecule has 1 aliphatic heterocycles. The van der Waals surface area contributed by atoms with Crippen molar-refractivity contribution in [3.8, 4) is 0 Å². The Morgan fingerprint density at radius 3 is 2.43 bits per heavy atom. The van der Waals surface area contributed by atoms with Crippen molar-refractivity contribution in [3.63, 3.8) is 0 Å². The van der Waals surface area contributed by atoms with Gasteiger partial charge < -0.3 is 26.0 Å². The highest BCUT2D eigenvalue weighted by atomic mass is 19.4. The van der Waals surface area contributed by atoms with Gasteiger partial charge in [-0.1, -0.05) is 0 Å². The summed E-state index contributed by atoms with van der Waals surface area (Å²) in [6.07, 6.45) is -3.34. The lowest BCUT2D eigenvalue weighted by molar-refractivity contribution is -0.137. The number of guanidine groups is 1. The van der Waals surface area contributed by atoms with Crippen LogP contribution in [-0.2, 0) is 10.9 Å². The van der Waals surface area contributed by atoms with Gasteiger partial charge in [-0.25, -0.2) is 4.79 Å². The summed E-state index contributed by atoms with van der Waals surface area (Å²) in [5.74, 6) is -0.259. The summed E-state index contributed by atoms with van der Waals surface area (Å²) in [4.78, 5) is 29.4. The number of carbonyl (C=O) groups is 2. The average Bonchev–Trinajstić information content (AvgIpc) is 2.71. The number of likely N-dealkylation sites (tertiary alicyclic amines) is 1. The number of nitrogens with two attached hydrogens (primary N) is 1. The molecular weight excluding hydrogens is 403 g/mol. The number of hydrogen-bond acceptors (Lipinski definition) is 4. The van der Waals surface area contributed by atoms with Crippen molar-refractivity contribution >= 4 is 18.0 Å². The van der Waals surface area contributed by atoms with E-state index in [0.29, 0.717) is 32.5 Å². The second kappa shape index (κ2) is 10.7. The Hall–Kier alpha value is -2.98. The van der Waals surface area contributed by atoms with Crippen molar-refractivity contribution in [1.29, 1.82) is 0 Å². The van der Waals surface area contributed by atoms with Crippen molar-refractivity contribution in [1.82, 2.24) is 15.5 Å². The van der Waals surface area contributed by atoms with Crippen LogP contribution in [0.4, 0.5) is 18.0 Å². The molecule has 1 aliphatic rings. The van der Waals surface area contributed by atoms with Gasteiger partial charge in [-0.2, -0.15) is 13.2 Å². The number of aliphatic imine (C=N–C) groups is 1. The van der Waals surface area contributed by atoms with Crippen LogP contribution < -0.4 is 16.4 Å². The van der Waals surface area contributed by atoms with E-state index in [0.717, 1.165) is 24.3 Å². The number of rotatable bonds is 6. The molecule has 0 radical (unpaired) electrons. The smallest absolute Gasteiger partial charge is 0.416 e. The van der Waals surface area contributed by atoms with E-state index in [1.165, 1.54) is 0 Å². The zero-order valence-corrected chi connectivity index (χ0v) is 16.7. The molecule has 1 aromatic rings. The normalized spacial score (nSPS) is 15.6. The summed E-state index contributed by atoms with van der Waals surface area (Å²) in [5.41, 5.74) is 5.17. The van der Waals surface area contributed by atoms with Gasteiger partial charge in [0.2, 0.25) is 0 Å². The first-order valence-electron chi connectivity index (χ1n) is 9.64. The minimum Gasteiger partial charge on any atom is -0.450 e. The molecule has 1 aromatic carbocycles. The Kier molecular flexibility index (Phi) is 8.31. The molecule has 1 heterocycles. The summed E-state index contributed by atoms with van der Waals surface area (Å²) in [6, 6.07) is 4.06. The lowest BCUT2D eigenvalue weighted by atomic mass is 10.1. The number of alkyl halides is 3. The second-order valence-corrected chi connectivity index (χ2v) is 6.70. The highest BCUT2D eigenvalue weighted by Crippen LogP contribution is 2.29. The highest BCUT2D eigenvalue weighted by Gasteiger charge is 2.30. The Morgan fingerprint density at radius 1 is 1.23 bits per heavy atom. The Labute approximate surface area is 172 Å². The number of nitrogens with one attached hydrogen (secondary N) is 2. The Balaban J connectivity index is 1.69. The minimum absolute atomic E-state index is 0.0844. The first-order valence-corrected chi connectivity index (χ1v) is 9.64. The van der Waals surface area contributed by atoms with E-state index in [4.69, 9.17) is 10.5 Å². The lowest BCUT2D eigenvalue weighted by Gasteiger charge is -2.31. The van der Waals surface area contributed by atoms with E-state index >= 15 is 0 Å². The third-order valence-electron chi connectivity index (χ3n) is 4.53. The first-order chi connectivity index (χ1) is 14.2. The molecule has 2 rings (SSSR count). The summed E-state index contributed by atoms with van der Waals surface area (Å²) in [5, 5.41) is 5.66. The van der Waals surface area contributed by atoms with Crippen molar-refractivity contribution < 1.29 is 27.5 Å². The predicted octanol–water partition coefficient (Wildman–Crippen LogP) is 1.96. The van der Waals surface area contributed by atoms with Crippen molar-refractivity contribution in [2.45, 2.75) is 32.0 Å². The maximum Gasteiger partial charge on any atom is 0.416 e. The molecule has 8 nitrogen and oxygen atoms in total. The van der Waals surface area contributed by atoms with Gasteiger partial charge in [0.15, 0.2) is 5.96 Å². The topological polar surface area (TPSA) is 109 Å². The number of halogens is 3. The lowest BCUT2D eigenvalue weighted by Crippen LogP contribution is -2.48. The number of carbonyl (C=O) groups excluding carboxylic acids is 2. The molecular formula is C19H26F3N5O3. The second-order valence-electron chi connectivity index (χ2n) is 6.70. The van der Waals surface area contributed by atoms with E-state index in [9.17, 15) is 22.8 Å². The fourth-order valence-corrected chi connectivity index (χ4v) is 2.93. The average molecular weight is 429 g/mol. The monoisotopic (exact) mass is 429 g/mol. The largest absolute Gasteiger partial charge is 0.450 e. The summed E-state index contributed by atoms with van der Waals surface area (Å²) >= 11 is 0. The third kappa shape index (κ3) is 7.12. The molecule has 30 heavy (non-hydrogen) atoms. The highest BCUT2D eigenvalue weighted by molar-refractivity contribution is 5.94. The van der Waals surface area contributed by atoms with Gasteiger partial charge in [-0.05, 0) is 44.0 Å². The molecule has 4 N–H and O–H groups in total. The maximum absolute atomic E-state index is 12.5. The van der Waals surface area contributed by atoms with Crippen LogP contribution in [0, 0.1) is 0 Å². The van der Waals surface area contributed by atoms with Crippen LogP contribution in [0.3, 0.4) is 0 Å². The van der Waals surface area contributed by atoms with E-state index in [-0.39, 0.29) is 36.7 Å². The van der Waals surface area contributed by atoms with E-state index in [2.05, 4.69) is 15.6 Å². The predicted molar refractivity (Wildman–Crippen MR) is 105 cm³/mol. The van der Waals surface area contributed by atoms with Gasteiger partial charge in [-0.3, -0.25) is 9.79 Å². The molecule has 0 bridgehead atoms. The van der Waals surface area contributed by atoms with Gasteiger partial charge in [0, 0.05) is 31.2 Å². The van der Waals surface area contributed by atoms with Crippen LogP contribution in [0.15, 0.2) is 29.3 Å². The molecule has 0 unspecified atom stereocenters. The molecule has 0 aromatic heterocycles. The zero-order chi connectivity index (χ0) is 22.1. The summed E-state index contributed by atoms with van der Waals surface area (Å²) in [6.45, 7) is 3.62. The molecule has 1 fully saturated rings. The molecule has 0 atom stereocenters. The fraction of sp³-hybridized carbons (Fsp3) is 0.526. The third-order valence-corrected chi connectivity index (χ3v) is 4.53. The van der Waals surface area contributed by atoms with Crippen molar-refractivity contribution in [2.24, 2.45) is 10.7 Å². The van der Waals surface area contributed by atoms with Crippen LogP contribution in [-0.4, -0.2) is 61.7 Å². The van der Waals surface area contributed by atoms with Gasteiger partial charge in [0.25, 0.3) is 5.91 Å². The number of ether oxygens (including phenoxy) is 1. The van der Waals surface area contributed by atoms with Gasteiger partial charge in [-0.15, -0.1) is 0 Å². The first kappa shape index (κ1) is 23.3. The van der Waals surface area contributed by atoms with Crippen LogP contribution >= 0.6 is 0 Å². The van der Waals surface area contributed by atoms with E-state index in [1.54, 1.807) is 11.8 Å². The molecule has 0 spiro atoms. The Morgan fingerprint density at radius 2 is 1.87 bits per heavy atom. The number of hydrogen-bond donors (Lipinski definition) is 3. The molecule has 11 heteroatoms. The van der Waals surface area contributed by atoms with Crippen molar-refractivity contribution in [2.75, 3.05) is 32.8 Å². The maximum atomic E-state index is 12.5. The standard InChI is InChI=1S/C19H26F3N5O3/c1-2-30-18(29)27-11-7-15(8-12-27)26-17(23)25-10-9-24-16(28)13-3-5-14(6-4-13)19(20,21)22/h3-6,15H,2,7-12H2,1H3,(H,24,28)(H3,23,25,26). The minimum atomic E-state index is -4.44. The van der Waals surface area contributed by atoms with E-state index in [1.807, 2.05) is 0 Å². The number of piperidine rings is 1. The molecule has 0 aliphatic carbocycles.